The van der Waals surface area contributed by atoms with E-state index in [4.69, 9.17) is 5.26 Å². The van der Waals surface area contributed by atoms with Crippen LogP contribution in [0.1, 0.15) is 42.6 Å². The smallest absolute Gasteiger partial charge is 0.167 e. The highest BCUT2D eigenvalue weighted by Crippen LogP contribution is 2.20. The second kappa shape index (κ2) is 5.41. The van der Waals surface area contributed by atoms with E-state index < -0.39 is 5.82 Å². The van der Waals surface area contributed by atoms with E-state index in [0.29, 0.717) is 12.8 Å². The molecule has 0 fully saturated rings. The van der Waals surface area contributed by atoms with E-state index in [2.05, 4.69) is 0 Å². The Morgan fingerprint density at radius 1 is 1.44 bits per heavy atom. The minimum Gasteiger partial charge on any atom is -0.294 e. The molecule has 0 atom stereocenters. The molecule has 0 saturated heterocycles. The van der Waals surface area contributed by atoms with Crippen LogP contribution < -0.4 is 0 Å². The molecule has 0 radical (unpaired) electrons. The first-order valence-electron chi connectivity index (χ1n) is 5.38. The maximum Gasteiger partial charge on any atom is 0.167 e. The largest absolute Gasteiger partial charge is 0.294 e. The van der Waals surface area contributed by atoms with Crippen LogP contribution in [0.3, 0.4) is 0 Å². The zero-order chi connectivity index (χ0) is 12.1. The lowest BCUT2D eigenvalue weighted by Gasteiger charge is -2.12. The van der Waals surface area contributed by atoms with Gasteiger partial charge in [0.25, 0.3) is 0 Å². The van der Waals surface area contributed by atoms with Gasteiger partial charge in [0.05, 0.1) is 5.56 Å². The van der Waals surface area contributed by atoms with Crippen LogP contribution in [0.15, 0.2) is 18.2 Å². The van der Waals surface area contributed by atoms with Crippen molar-refractivity contribution in [2.75, 3.05) is 0 Å². The normalized spacial score (nSPS) is 10.2. The van der Waals surface area contributed by atoms with Crippen molar-refractivity contribution in [2.45, 2.75) is 26.7 Å². The lowest BCUT2D eigenvalue weighted by molar-refractivity contribution is 0.0912. The number of halogens is 1. The Balaban J connectivity index is 3.19. The van der Waals surface area contributed by atoms with Crippen LogP contribution in [-0.4, -0.2) is 5.78 Å². The Morgan fingerprint density at radius 2 is 2.06 bits per heavy atom. The molecule has 0 aliphatic carbocycles. The minimum atomic E-state index is -0.626. The van der Waals surface area contributed by atoms with Crippen molar-refractivity contribution in [1.29, 1.82) is 5.26 Å². The lowest BCUT2D eigenvalue weighted by atomic mass is 9.90. The average Bonchev–Trinajstić information content (AvgIpc) is 2.30. The number of hydrogen-bond acceptors (Lipinski definition) is 2. The van der Waals surface area contributed by atoms with Gasteiger partial charge in [-0.25, -0.2) is 4.39 Å². The molecule has 0 aromatic heterocycles. The fourth-order valence-electron chi connectivity index (χ4n) is 1.72. The first kappa shape index (κ1) is 12.4. The summed E-state index contributed by atoms with van der Waals surface area (Å²) in [6, 6.07) is 5.93. The van der Waals surface area contributed by atoms with Crippen molar-refractivity contribution in [3.05, 3.63) is 35.1 Å². The number of rotatable bonds is 4. The Morgan fingerprint density at radius 3 is 2.56 bits per heavy atom. The van der Waals surface area contributed by atoms with E-state index in [1.807, 2.05) is 13.8 Å². The second-order valence-corrected chi connectivity index (χ2v) is 3.65. The van der Waals surface area contributed by atoms with Gasteiger partial charge in [-0.1, -0.05) is 19.9 Å². The van der Waals surface area contributed by atoms with Gasteiger partial charge < -0.3 is 0 Å². The molecule has 1 aromatic rings. The molecular formula is C13H14FNO. The van der Waals surface area contributed by atoms with Gasteiger partial charge in [0.15, 0.2) is 5.78 Å². The Labute approximate surface area is 94.7 Å². The Kier molecular flexibility index (Phi) is 4.19. The predicted molar refractivity (Wildman–Crippen MR) is 59.5 cm³/mol. The number of benzene rings is 1. The van der Waals surface area contributed by atoms with Crippen LogP contribution in [-0.2, 0) is 0 Å². The topological polar surface area (TPSA) is 40.9 Å². The van der Waals surface area contributed by atoms with Gasteiger partial charge in [-0.3, -0.25) is 4.79 Å². The molecule has 1 rings (SSSR count). The highest BCUT2D eigenvalue weighted by Gasteiger charge is 2.20. The van der Waals surface area contributed by atoms with Crippen LogP contribution in [0, 0.1) is 23.1 Å². The standard InChI is InChI=1S/C13H14FNO/c1-3-9(4-2)13(16)10-6-5-7-12(14)11(10)8-15/h5-7,9H,3-4H2,1-2H3. The fourth-order valence-corrected chi connectivity index (χ4v) is 1.72. The van der Waals surface area contributed by atoms with Crippen molar-refractivity contribution in [1.82, 2.24) is 0 Å². The Bertz CT molecular complexity index is 430. The molecule has 0 N–H and O–H groups in total. The van der Waals surface area contributed by atoms with Crippen molar-refractivity contribution < 1.29 is 9.18 Å². The molecule has 2 nitrogen and oxygen atoms in total. The summed E-state index contributed by atoms with van der Waals surface area (Å²) >= 11 is 0. The highest BCUT2D eigenvalue weighted by atomic mass is 19.1. The molecule has 0 aliphatic heterocycles. The molecule has 0 spiro atoms. The number of carbonyl (C=O) groups is 1. The van der Waals surface area contributed by atoms with Crippen LogP contribution >= 0.6 is 0 Å². The van der Waals surface area contributed by atoms with Gasteiger partial charge in [-0.05, 0) is 25.0 Å². The molecule has 0 unspecified atom stereocenters. The molecule has 0 bridgehead atoms. The zero-order valence-electron chi connectivity index (χ0n) is 9.46. The number of nitriles is 1. The Hall–Kier alpha value is -1.69. The van der Waals surface area contributed by atoms with Gasteiger partial charge in [-0.2, -0.15) is 5.26 Å². The lowest BCUT2D eigenvalue weighted by Crippen LogP contribution is -2.15. The number of nitrogens with zero attached hydrogens (tertiary/aromatic N) is 1. The van der Waals surface area contributed by atoms with Gasteiger partial charge in [0, 0.05) is 11.5 Å². The quantitative estimate of drug-likeness (QED) is 0.729. The molecule has 0 saturated carbocycles. The average molecular weight is 219 g/mol. The number of carbonyl (C=O) groups excluding carboxylic acids is 1. The third-order valence-electron chi connectivity index (χ3n) is 2.75. The summed E-state index contributed by atoms with van der Waals surface area (Å²) in [5.41, 5.74) is 0.0654. The summed E-state index contributed by atoms with van der Waals surface area (Å²) in [4.78, 5) is 12.0. The van der Waals surface area contributed by atoms with Crippen molar-refractivity contribution in [3.8, 4) is 6.07 Å². The molecule has 0 heterocycles. The van der Waals surface area contributed by atoms with E-state index in [9.17, 15) is 9.18 Å². The van der Waals surface area contributed by atoms with E-state index in [1.165, 1.54) is 18.2 Å². The zero-order valence-corrected chi connectivity index (χ0v) is 9.46. The summed E-state index contributed by atoms with van der Waals surface area (Å²) in [6.45, 7) is 3.83. The van der Waals surface area contributed by atoms with Gasteiger partial charge in [0.2, 0.25) is 0 Å². The van der Waals surface area contributed by atoms with Crippen LogP contribution in [0.4, 0.5) is 4.39 Å². The summed E-state index contributed by atoms with van der Waals surface area (Å²) in [6.07, 6.45) is 1.41. The molecule has 3 heteroatoms. The second-order valence-electron chi connectivity index (χ2n) is 3.65. The molecule has 1 aromatic carbocycles. The van der Waals surface area contributed by atoms with Crippen LogP contribution in [0.2, 0.25) is 0 Å². The van der Waals surface area contributed by atoms with Crippen LogP contribution in [0.5, 0.6) is 0 Å². The van der Waals surface area contributed by atoms with E-state index >= 15 is 0 Å². The van der Waals surface area contributed by atoms with Crippen molar-refractivity contribution in [2.24, 2.45) is 5.92 Å². The molecule has 0 aliphatic rings. The van der Waals surface area contributed by atoms with Gasteiger partial charge >= 0.3 is 0 Å². The fraction of sp³-hybridized carbons (Fsp3) is 0.385. The third kappa shape index (κ3) is 2.27. The van der Waals surface area contributed by atoms with Crippen molar-refractivity contribution >= 4 is 5.78 Å². The van der Waals surface area contributed by atoms with Gasteiger partial charge in [0.1, 0.15) is 11.9 Å². The number of hydrogen-bond donors (Lipinski definition) is 0. The number of ketones is 1. The van der Waals surface area contributed by atoms with E-state index in [0.717, 1.165) is 0 Å². The first-order valence-corrected chi connectivity index (χ1v) is 5.38. The SMILES string of the molecule is CCC(CC)C(=O)c1cccc(F)c1C#N. The molecule has 16 heavy (non-hydrogen) atoms. The molecular weight excluding hydrogens is 205 g/mol. The minimum absolute atomic E-state index is 0.131. The summed E-state index contributed by atoms with van der Waals surface area (Å²) in [5, 5.41) is 8.83. The van der Waals surface area contributed by atoms with Crippen LogP contribution in [0.25, 0.3) is 0 Å². The predicted octanol–water partition coefficient (Wildman–Crippen LogP) is 3.32. The number of Topliss-reactive ketones (excluding diaryl/α,β-unsaturated/α-hetero) is 1. The van der Waals surface area contributed by atoms with E-state index in [-0.39, 0.29) is 22.8 Å². The third-order valence-corrected chi connectivity index (χ3v) is 2.75. The van der Waals surface area contributed by atoms with Crippen molar-refractivity contribution in [3.63, 3.8) is 0 Å². The highest BCUT2D eigenvalue weighted by molar-refractivity contribution is 5.99. The van der Waals surface area contributed by atoms with Gasteiger partial charge in [-0.15, -0.1) is 0 Å². The summed E-state index contributed by atoms with van der Waals surface area (Å²) in [7, 11) is 0. The first-order chi connectivity index (χ1) is 7.65. The summed E-state index contributed by atoms with van der Waals surface area (Å²) in [5.74, 6) is -0.894. The molecule has 84 valence electrons. The monoisotopic (exact) mass is 219 g/mol. The molecule has 0 amide bonds. The summed E-state index contributed by atoms with van der Waals surface area (Å²) < 4.78 is 13.3. The maximum atomic E-state index is 13.3. The maximum absolute atomic E-state index is 13.3. The van der Waals surface area contributed by atoms with E-state index in [1.54, 1.807) is 6.07 Å².